The number of benzene rings is 2. The maximum absolute atomic E-state index is 11.9. The molecule has 2 aromatic rings. The number of esters is 1. The van der Waals surface area contributed by atoms with Crippen LogP contribution in [0.3, 0.4) is 0 Å². The van der Waals surface area contributed by atoms with Gasteiger partial charge in [-0.05, 0) is 55.7 Å². The zero-order chi connectivity index (χ0) is 21.1. The third-order valence-corrected chi connectivity index (χ3v) is 6.24. The first-order chi connectivity index (χ1) is 13.7. The van der Waals surface area contributed by atoms with E-state index in [2.05, 4.69) is 27.7 Å². The SMILES string of the molecule is CCCCC(=O)Oc1cc(N)c2cc(OC3(C(C)(C)C)CCCCC3)ccc2c1. The monoisotopic (exact) mass is 397 g/mol. The van der Waals surface area contributed by atoms with E-state index < -0.39 is 0 Å². The molecule has 0 spiro atoms. The number of unbranched alkanes of at least 4 members (excludes halogenated alkanes) is 1. The highest BCUT2D eigenvalue weighted by molar-refractivity contribution is 5.95. The maximum atomic E-state index is 11.9. The minimum absolute atomic E-state index is 0.0600. The molecule has 1 aliphatic carbocycles. The first kappa shape index (κ1) is 21.5. The summed E-state index contributed by atoms with van der Waals surface area (Å²) in [4.78, 5) is 11.9. The summed E-state index contributed by atoms with van der Waals surface area (Å²) in [5.74, 6) is 1.15. The van der Waals surface area contributed by atoms with Crippen molar-refractivity contribution in [2.45, 2.75) is 84.7 Å². The summed E-state index contributed by atoms with van der Waals surface area (Å²) in [7, 11) is 0. The van der Waals surface area contributed by atoms with Gasteiger partial charge < -0.3 is 15.2 Å². The third kappa shape index (κ3) is 4.85. The van der Waals surface area contributed by atoms with Crippen molar-refractivity contribution in [1.29, 1.82) is 0 Å². The molecule has 0 aliphatic heterocycles. The van der Waals surface area contributed by atoms with Crippen molar-refractivity contribution in [3.63, 3.8) is 0 Å². The van der Waals surface area contributed by atoms with Crippen LogP contribution in [0.2, 0.25) is 0 Å². The van der Waals surface area contributed by atoms with Gasteiger partial charge in [-0.15, -0.1) is 0 Å². The molecular weight excluding hydrogens is 362 g/mol. The average molecular weight is 398 g/mol. The number of hydrogen-bond acceptors (Lipinski definition) is 4. The molecule has 1 saturated carbocycles. The van der Waals surface area contributed by atoms with E-state index in [4.69, 9.17) is 15.2 Å². The molecule has 0 unspecified atom stereocenters. The van der Waals surface area contributed by atoms with Gasteiger partial charge in [-0.1, -0.05) is 46.6 Å². The summed E-state index contributed by atoms with van der Waals surface area (Å²) in [6.07, 6.45) is 8.08. The van der Waals surface area contributed by atoms with E-state index in [1.54, 1.807) is 6.07 Å². The van der Waals surface area contributed by atoms with E-state index in [1.165, 1.54) is 19.3 Å². The molecule has 4 heteroatoms. The van der Waals surface area contributed by atoms with Crippen molar-refractivity contribution < 1.29 is 14.3 Å². The van der Waals surface area contributed by atoms with Gasteiger partial charge in [-0.25, -0.2) is 0 Å². The van der Waals surface area contributed by atoms with Crippen LogP contribution in [0.1, 0.15) is 79.1 Å². The fourth-order valence-corrected chi connectivity index (χ4v) is 4.32. The number of rotatable bonds is 6. The highest BCUT2D eigenvalue weighted by Crippen LogP contribution is 2.45. The first-order valence-corrected chi connectivity index (χ1v) is 11.0. The topological polar surface area (TPSA) is 61.5 Å². The summed E-state index contributed by atoms with van der Waals surface area (Å²) in [6, 6.07) is 9.64. The molecule has 1 fully saturated rings. The Morgan fingerprint density at radius 2 is 1.79 bits per heavy atom. The molecule has 2 aromatic carbocycles. The van der Waals surface area contributed by atoms with Gasteiger partial charge in [0.15, 0.2) is 0 Å². The molecule has 1 aliphatic rings. The van der Waals surface area contributed by atoms with Crippen LogP contribution in [-0.4, -0.2) is 11.6 Å². The Morgan fingerprint density at radius 1 is 1.07 bits per heavy atom. The molecule has 0 aromatic heterocycles. The molecule has 0 amide bonds. The average Bonchev–Trinajstić information content (AvgIpc) is 2.67. The number of carbonyl (C=O) groups is 1. The summed E-state index contributed by atoms with van der Waals surface area (Å²) >= 11 is 0. The smallest absolute Gasteiger partial charge is 0.311 e. The zero-order valence-electron chi connectivity index (χ0n) is 18.3. The number of nitrogen functional groups attached to an aromatic ring is 1. The molecule has 2 N–H and O–H groups in total. The van der Waals surface area contributed by atoms with Crippen LogP contribution >= 0.6 is 0 Å². The Labute approximate surface area is 174 Å². The molecule has 0 radical (unpaired) electrons. The number of nitrogens with two attached hydrogens (primary N) is 1. The normalized spacial score (nSPS) is 16.6. The quantitative estimate of drug-likeness (QED) is 0.337. The van der Waals surface area contributed by atoms with Crippen molar-refractivity contribution in [3.8, 4) is 11.5 Å². The Morgan fingerprint density at radius 3 is 2.45 bits per heavy atom. The Kier molecular flexibility index (Phi) is 6.40. The van der Waals surface area contributed by atoms with Crippen LogP contribution in [-0.2, 0) is 4.79 Å². The van der Waals surface area contributed by atoms with Crippen molar-refractivity contribution in [3.05, 3.63) is 30.3 Å². The van der Waals surface area contributed by atoms with E-state index >= 15 is 0 Å². The van der Waals surface area contributed by atoms with Crippen molar-refractivity contribution >= 4 is 22.4 Å². The van der Waals surface area contributed by atoms with Crippen molar-refractivity contribution in [2.24, 2.45) is 5.41 Å². The number of carbonyl (C=O) groups excluding carboxylic acids is 1. The van der Waals surface area contributed by atoms with E-state index in [1.807, 2.05) is 24.3 Å². The molecule has 0 atom stereocenters. The fraction of sp³-hybridized carbons (Fsp3) is 0.560. The minimum atomic E-state index is -0.213. The van der Waals surface area contributed by atoms with E-state index in [-0.39, 0.29) is 17.0 Å². The Hall–Kier alpha value is -2.23. The lowest BCUT2D eigenvalue weighted by Crippen LogP contribution is -2.49. The largest absolute Gasteiger partial charge is 0.487 e. The lowest BCUT2D eigenvalue weighted by atomic mass is 9.68. The highest BCUT2D eigenvalue weighted by atomic mass is 16.5. The Balaban J connectivity index is 1.85. The van der Waals surface area contributed by atoms with Gasteiger partial charge in [-0.2, -0.15) is 0 Å². The van der Waals surface area contributed by atoms with E-state index in [9.17, 15) is 4.79 Å². The highest BCUT2D eigenvalue weighted by Gasteiger charge is 2.44. The van der Waals surface area contributed by atoms with Crippen LogP contribution in [0.5, 0.6) is 11.5 Å². The van der Waals surface area contributed by atoms with Gasteiger partial charge in [0.25, 0.3) is 0 Å². The van der Waals surface area contributed by atoms with Gasteiger partial charge in [0, 0.05) is 29.0 Å². The van der Waals surface area contributed by atoms with Crippen LogP contribution in [0.15, 0.2) is 30.3 Å². The molecule has 29 heavy (non-hydrogen) atoms. The molecule has 3 rings (SSSR count). The second-order valence-electron chi connectivity index (χ2n) is 9.38. The molecule has 158 valence electrons. The number of ether oxygens (including phenoxy) is 2. The van der Waals surface area contributed by atoms with Crippen LogP contribution in [0, 0.1) is 5.41 Å². The molecular formula is C25H35NO3. The second kappa shape index (κ2) is 8.64. The lowest BCUT2D eigenvalue weighted by molar-refractivity contribution is -0.134. The van der Waals surface area contributed by atoms with Crippen LogP contribution in [0.4, 0.5) is 5.69 Å². The zero-order valence-corrected chi connectivity index (χ0v) is 18.3. The number of hydrogen-bond donors (Lipinski definition) is 1. The van der Waals surface area contributed by atoms with Crippen LogP contribution < -0.4 is 15.2 Å². The van der Waals surface area contributed by atoms with Crippen molar-refractivity contribution in [1.82, 2.24) is 0 Å². The summed E-state index contributed by atoms with van der Waals surface area (Å²) in [5.41, 5.74) is 6.81. The Bertz CT molecular complexity index is 860. The van der Waals surface area contributed by atoms with Gasteiger partial charge >= 0.3 is 5.97 Å². The van der Waals surface area contributed by atoms with E-state index in [0.717, 1.165) is 42.2 Å². The number of fused-ring (bicyclic) bond motifs is 1. The third-order valence-electron chi connectivity index (χ3n) is 6.24. The molecule has 0 heterocycles. The minimum Gasteiger partial charge on any atom is -0.487 e. The molecule has 0 saturated heterocycles. The standard InChI is InChI=1S/C25H35NO3/c1-5-6-10-23(27)28-20-15-18-11-12-19(16-21(18)22(26)17-20)29-25(24(2,3)4)13-8-7-9-14-25/h11-12,15-17H,5-10,13-14,26H2,1-4H3. The number of anilines is 1. The molecule has 0 bridgehead atoms. The predicted octanol–water partition coefficient (Wildman–Crippen LogP) is 6.65. The van der Waals surface area contributed by atoms with Crippen LogP contribution in [0.25, 0.3) is 10.8 Å². The lowest BCUT2D eigenvalue weighted by Gasteiger charge is -2.47. The first-order valence-electron chi connectivity index (χ1n) is 11.0. The predicted molar refractivity (Wildman–Crippen MR) is 119 cm³/mol. The van der Waals surface area contributed by atoms with Gasteiger partial charge in [0.05, 0.1) is 0 Å². The maximum Gasteiger partial charge on any atom is 0.311 e. The summed E-state index contributed by atoms with van der Waals surface area (Å²) < 4.78 is 12.1. The second-order valence-corrected chi connectivity index (χ2v) is 9.38. The van der Waals surface area contributed by atoms with E-state index in [0.29, 0.717) is 17.9 Å². The summed E-state index contributed by atoms with van der Waals surface area (Å²) in [6.45, 7) is 8.87. The van der Waals surface area contributed by atoms with Gasteiger partial charge in [0.1, 0.15) is 17.1 Å². The molecule has 4 nitrogen and oxygen atoms in total. The van der Waals surface area contributed by atoms with Gasteiger partial charge in [0.2, 0.25) is 0 Å². The summed E-state index contributed by atoms with van der Waals surface area (Å²) in [5, 5.41) is 1.87. The van der Waals surface area contributed by atoms with Gasteiger partial charge in [-0.3, -0.25) is 4.79 Å². The fourth-order valence-electron chi connectivity index (χ4n) is 4.32. The van der Waals surface area contributed by atoms with Crippen molar-refractivity contribution in [2.75, 3.05) is 5.73 Å².